The van der Waals surface area contributed by atoms with Gasteiger partial charge in [-0.2, -0.15) is 0 Å². The van der Waals surface area contributed by atoms with Gasteiger partial charge in [0.2, 0.25) is 5.91 Å². The van der Waals surface area contributed by atoms with E-state index in [-0.39, 0.29) is 24.1 Å². The van der Waals surface area contributed by atoms with Gasteiger partial charge < -0.3 is 0 Å². The molecule has 0 aromatic heterocycles. The third-order valence-electron chi connectivity index (χ3n) is 2.53. The topological polar surface area (TPSA) is 92.5 Å². The number of carbonyl (C=O) groups excluding carboxylic acids is 3. The number of rotatable bonds is 3. The van der Waals surface area contributed by atoms with Crippen LogP contribution >= 0.6 is 0 Å². The molecule has 0 fully saturated rings. The molecule has 3 N–H and O–H groups in total. The summed E-state index contributed by atoms with van der Waals surface area (Å²) in [6.07, 6.45) is 2.59. The average Bonchev–Trinajstić information content (AvgIpc) is 2.70. The van der Waals surface area contributed by atoms with Crippen molar-refractivity contribution >= 4 is 23.4 Å². The number of amides is 3. The van der Waals surface area contributed by atoms with Crippen LogP contribution in [0.3, 0.4) is 0 Å². The highest BCUT2D eigenvalue weighted by molar-refractivity contribution is 6.28. The second-order valence-electron chi connectivity index (χ2n) is 3.76. The van der Waals surface area contributed by atoms with E-state index in [1.165, 1.54) is 12.2 Å². The number of nitrogens with zero attached hydrogens (tertiary/aromatic N) is 1. The monoisotopic (exact) mass is 245 g/mol. The molecular formula is C12H11N3O3. The molecule has 18 heavy (non-hydrogen) atoms. The molecule has 6 heteroatoms. The number of hydrogen-bond acceptors (Lipinski definition) is 4. The highest BCUT2D eigenvalue weighted by Crippen LogP contribution is 2.19. The minimum Gasteiger partial charge on any atom is -0.294 e. The molecule has 1 aliphatic heterocycles. The molecule has 0 radical (unpaired) electrons. The zero-order valence-electron chi connectivity index (χ0n) is 9.42. The fourth-order valence-corrected chi connectivity index (χ4v) is 1.65. The number of imide groups is 1. The molecule has 1 heterocycles. The Morgan fingerprint density at radius 3 is 2.17 bits per heavy atom. The lowest BCUT2D eigenvalue weighted by atomic mass is 10.1. The van der Waals surface area contributed by atoms with Crippen LogP contribution in [0, 0.1) is 0 Å². The van der Waals surface area contributed by atoms with Gasteiger partial charge in [-0.1, -0.05) is 12.1 Å². The van der Waals surface area contributed by atoms with Gasteiger partial charge in [0.1, 0.15) is 0 Å². The molecule has 0 spiro atoms. The molecule has 0 saturated heterocycles. The summed E-state index contributed by atoms with van der Waals surface area (Å²) in [5.74, 6) is 3.94. The molecule has 0 atom stereocenters. The lowest BCUT2D eigenvalue weighted by Gasteiger charge is -2.13. The first-order chi connectivity index (χ1) is 8.61. The zero-order chi connectivity index (χ0) is 13.1. The van der Waals surface area contributed by atoms with Gasteiger partial charge in [0.05, 0.1) is 12.1 Å². The summed E-state index contributed by atoms with van der Waals surface area (Å²) in [4.78, 5) is 35.0. The number of carbonyl (C=O) groups is 3. The minimum absolute atomic E-state index is 0.150. The van der Waals surface area contributed by atoms with E-state index in [0.29, 0.717) is 5.69 Å². The van der Waals surface area contributed by atoms with E-state index in [9.17, 15) is 14.4 Å². The molecule has 1 aromatic rings. The molecule has 0 aliphatic carbocycles. The number of nitrogens with one attached hydrogen (secondary N) is 1. The Labute approximate surface area is 103 Å². The van der Waals surface area contributed by atoms with Crippen molar-refractivity contribution < 1.29 is 14.4 Å². The number of hydrazine groups is 1. The highest BCUT2D eigenvalue weighted by Gasteiger charge is 2.24. The summed E-state index contributed by atoms with van der Waals surface area (Å²) in [5.41, 5.74) is 3.25. The molecule has 1 aliphatic rings. The SMILES string of the molecule is NNC(=O)Cc1ccc(N2C(=O)C=CC2=O)cc1. The second kappa shape index (κ2) is 4.80. The zero-order valence-corrected chi connectivity index (χ0v) is 9.42. The van der Waals surface area contributed by atoms with Crippen molar-refractivity contribution in [2.24, 2.45) is 5.84 Å². The van der Waals surface area contributed by atoms with E-state index < -0.39 is 0 Å². The van der Waals surface area contributed by atoms with Crippen LogP contribution in [-0.4, -0.2) is 17.7 Å². The van der Waals surface area contributed by atoms with Crippen molar-refractivity contribution in [3.05, 3.63) is 42.0 Å². The summed E-state index contributed by atoms with van der Waals surface area (Å²) in [7, 11) is 0. The molecule has 92 valence electrons. The van der Waals surface area contributed by atoms with Crippen LogP contribution < -0.4 is 16.2 Å². The molecule has 0 saturated carbocycles. The van der Waals surface area contributed by atoms with Gasteiger partial charge in [0.25, 0.3) is 11.8 Å². The fraction of sp³-hybridized carbons (Fsp3) is 0.0833. The largest absolute Gasteiger partial charge is 0.294 e. The van der Waals surface area contributed by atoms with Crippen molar-refractivity contribution in [1.29, 1.82) is 0 Å². The van der Waals surface area contributed by atoms with Crippen LogP contribution in [0.5, 0.6) is 0 Å². The van der Waals surface area contributed by atoms with Crippen LogP contribution in [0.1, 0.15) is 5.56 Å². The minimum atomic E-state index is -0.368. The lowest BCUT2D eigenvalue weighted by molar-refractivity contribution is -0.121. The predicted octanol–water partition coefficient (Wildman–Crippen LogP) is -0.352. The average molecular weight is 245 g/mol. The highest BCUT2D eigenvalue weighted by atomic mass is 16.2. The molecular weight excluding hydrogens is 234 g/mol. The van der Waals surface area contributed by atoms with Crippen LogP contribution in [0.15, 0.2) is 36.4 Å². The number of anilines is 1. The molecule has 0 unspecified atom stereocenters. The Hall–Kier alpha value is -2.47. The third-order valence-corrected chi connectivity index (χ3v) is 2.53. The normalized spacial score (nSPS) is 14.2. The molecule has 2 rings (SSSR count). The first-order valence-electron chi connectivity index (χ1n) is 5.26. The van der Waals surface area contributed by atoms with Crippen molar-refractivity contribution in [2.45, 2.75) is 6.42 Å². The molecule has 0 bridgehead atoms. The summed E-state index contributed by atoms with van der Waals surface area (Å²) < 4.78 is 0. The van der Waals surface area contributed by atoms with Gasteiger partial charge in [-0.05, 0) is 17.7 Å². The maximum absolute atomic E-state index is 11.4. The van der Waals surface area contributed by atoms with E-state index >= 15 is 0 Å². The van der Waals surface area contributed by atoms with Gasteiger partial charge in [-0.25, -0.2) is 10.7 Å². The summed E-state index contributed by atoms with van der Waals surface area (Å²) in [5, 5.41) is 0. The number of nitrogens with two attached hydrogens (primary N) is 1. The summed E-state index contributed by atoms with van der Waals surface area (Å²) in [6.45, 7) is 0. The first kappa shape index (κ1) is 12.0. The summed E-state index contributed by atoms with van der Waals surface area (Å²) in [6, 6.07) is 6.57. The van der Waals surface area contributed by atoms with Crippen LogP contribution in [0.4, 0.5) is 5.69 Å². The maximum Gasteiger partial charge on any atom is 0.258 e. The van der Waals surface area contributed by atoms with Gasteiger partial charge in [0, 0.05) is 12.2 Å². The van der Waals surface area contributed by atoms with Gasteiger partial charge >= 0.3 is 0 Å². The summed E-state index contributed by atoms with van der Waals surface area (Å²) >= 11 is 0. The van der Waals surface area contributed by atoms with Crippen LogP contribution in [-0.2, 0) is 20.8 Å². The Morgan fingerprint density at radius 2 is 1.67 bits per heavy atom. The predicted molar refractivity (Wildman–Crippen MR) is 64.1 cm³/mol. The van der Waals surface area contributed by atoms with Gasteiger partial charge in [0.15, 0.2) is 0 Å². The van der Waals surface area contributed by atoms with E-state index in [4.69, 9.17) is 5.84 Å². The van der Waals surface area contributed by atoms with E-state index in [1.54, 1.807) is 24.3 Å². The maximum atomic E-state index is 11.4. The smallest absolute Gasteiger partial charge is 0.258 e. The quantitative estimate of drug-likeness (QED) is 0.329. The van der Waals surface area contributed by atoms with Crippen molar-refractivity contribution in [1.82, 2.24) is 5.43 Å². The molecule has 6 nitrogen and oxygen atoms in total. The Balaban J connectivity index is 2.15. The Kier molecular flexibility index (Phi) is 3.20. The second-order valence-corrected chi connectivity index (χ2v) is 3.76. The number of hydrogen-bond donors (Lipinski definition) is 2. The van der Waals surface area contributed by atoms with Crippen molar-refractivity contribution in [2.75, 3.05) is 4.90 Å². The van der Waals surface area contributed by atoms with E-state index in [1.807, 2.05) is 5.43 Å². The fourth-order valence-electron chi connectivity index (χ4n) is 1.65. The molecule has 3 amide bonds. The van der Waals surface area contributed by atoms with Crippen LogP contribution in [0.25, 0.3) is 0 Å². The van der Waals surface area contributed by atoms with Crippen molar-refractivity contribution in [3.8, 4) is 0 Å². The number of benzene rings is 1. The Morgan fingerprint density at radius 1 is 1.11 bits per heavy atom. The third kappa shape index (κ3) is 2.28. The van der Waals surface area contributed by atoms with Gasteiger partial charge in [-0.3, -0.25) is 19.8 Å². The Bertz CT molecular complexity index is 516. The lowest BCUT2D eigenvalue weighted by Crippen LogP contribution is -2.31. The van der Waals surface area contributed by atoms with E-state index in [2.05, 4.69) is 0 Å². The molecule has 1 aromatic carbocycles. The van der Waals surface area contributed by atoms with Crippen LogP contribution in [0.2, 0.25) is 0 Å². The van der Waals surface area contributed by atoms with Gasteiger partial charge in [-0.15, -0.1) is 0 Å². The first-order valence-corrected chi connectivity index (χ1v) is 5.26. The van der Waals surface area contributed by atoms with E-state index in [0.717, 1.165) is 10.5 Å². The van der Waals surface area contributed by atoms with Crippen molar-refractivity contribution in [3.63, 3.8) is 0 Å². The standard InChI is InChI=1S/C12H11N3O3/c13-14-10(16)7-8-1-3-9(4-2-8)15-11(17)5-6-12(15)18/h1-6H,7,13H2,(H,14,16).